The molecule has 1 N–H and O–H groups in total. The molecule has 1 aromatic heterocycles. The summed E-state index contributed by atoms with van der Waals surface area (Å²) < 4.78 is 0. The van der Waals surface area contributed by atoms with Gasteiger partial charge in [-0.3, -0.25) is 4.79 Å². The zero-order chi connectivity index (χ0) is 12.1. The molecule has 0 aliphatic rings. The maximum Gasteiger partial charge on any atom is 0.228 e. The van der Waals surface area contributed by atoms with Crippen molar-refractivity contribution in [3.8, 4) is 0 Å². The van der Waals surface area contributed by atoms with Crippen molar-refractivity contribution in [3.63, 3.8) is 0 Å². The van der Waals surface area contributed by atoms with Crippen LogP contribution in [-0.4, -0.2) is 15.9 Å². The molecule has 4 nitrogen and oxygen atoms in total. The van der Waals surface area contributed by atoms with Gasteiger partial charge in [0.2, 0.25) is 5.91 Å². The smallest absolute Gasteiger partial charge is 0.228 e. The van der Waals surface area contributed by atoms with Gasteiger partial charge in [0, 0.05) is 5.92 Å². The predicted octanol–water partition coefficient (Wildman–Crippen LogP) is 3.16. The van der Waals surface area contributed by atoms with Gasteiger partial charge < -0.3 is 5.32 Å². The number of nitrogens with zero attached hydrogens (tertiary/aromatic N) is 2. The van der Waals surface area contributed by atoms with E-state index < -0.39 is 0 Å². The van der Waals surface area contributed by atoms with E-state index in [0.717, 1.165) is 12.8 Å². The van der Waals surface area contributed by atoms with Crippen LogP contribution in [0.25, 0.3) is 0 Å². The van der Waals surface area contributed by atoms with Crippen LogP contribution in [0.3, 0.4) is 0 Å². The molecule has 88 valence electrons. The van der Waals surface area contributed by atoms with Crippen molar-refractivity contribution in [2.45, 2.75) is 26.7 Å². The Kier molecular flexibility index (Phi) is 4.96. The molecule has 1 amide bonds. The molecule has 0 fully saturated rings. The van der Waals surface area contributed by atoms with Gasteiger partial charge in [0.15, 0.2) is 11.0 Å². The van der Waals surface area contributed by atoms with Gasteiger partial charge in [-0.2, -0.15) is 0 Å². The average Bonchev–Trinajstić information content (AvgIpc) is 2.25. The molecule has 0 aliphatic carbocycles. The number of nitrogens with one attached hydrogen (secondary N) is 1. The number of hydrogen-bond donors (Lipinski definition) is 1. The molecule has 0 bridgehead atoms. The Bertz CT molecular complexity index is 384. The van der Waals surface area contributed by atoms with Gasteiger partial charge in [0.05, 0.1) is 0 Å². The Hall–Kier alpha value is -0.870. The van der Waals surface area contributed by atoms with E-state index in [9.17, 15) is 4.79 Å². The molecule has 0 aliphatic heterocycles. The van der Waals surface area contributed by atoms with Crippen LogP contribution in [0.2, 0.25) is 10.2 Å². The van der Waals surface area contributed by atoms with Crippen LogP contribution in [0, 0.1) is 5.92 Å². The molecule has 1 aromatic rings. The highest BCUT2D eigenvalue weighted by atomic mass is 35.5. The summed E-state index contributed by atoms with van der Waals surface area (Å²) in [6.07, 6.45) is 3.03. The number of carbonyl (C=O) groups is 1. The summed E-state index contributed by atoms with van der Waals surface area (Å²) in [6, 6.07) is 0. The Labute approximate surface area is 104 Å². The molecule has 1 rings (SSSR count). The SMILES string of the molecule is CCCC(C)C(=O)Nc1ncnc(Cl)c1Cl. The normalized spacial score (nSPS) is 12.2. The summed E-state index contributed by atoms with van der Waals surface area (Å²) in [5, 5.41) is 2.93. The maximum atomic E-state index is 11.7. The lowest BCUT2D eigenvalue weighted by Crippen LogP contribution is -2.21. The molecule has 16 heavy (non-hydrogen) atoms. The molecule has 0 saturated carbocycles. The van der Waals surface area contributed by atoms with E-state index in [-0.39, 0.29) is 27.8 Å². The minimum absolute atomic E-state index is 0.0743. The van der Waals surface area contributed by atoms with Crippen molar-refractivity contribution < 1.29 is 4.79 Å². The molecule has 0 radical (unpaired) electrons. The third-order valence-electron chi connectivity index (χ3n) is 2.16. The number of aromatic nitrogens is 2. The molecular formula is C10H13Cl2N3O. The van der Waals surface area contributed by atoms with Gasteiger partial charge in [-0.15, -0.1) is 0 Å². The number of rotatable bonds is 4. The third kappa shape index (κ3) is 3.32. The zero-order valence-corrected chi connectivity index (χ0v) is 10.6. The average molecular weight is 262 g/mol. The van der Waals surface area contributed by atoms with Crippen LogP contribution in [-0.2, 0) is 4.79 Å². The van der Waals surface area contributed by atoms with Crippen LogP contribution < -0.4 is 5.32 Å². The Morgan fingerprint density at radius 3 is 2.81 bits per heavy atom. The zero-order valence-electron chi connectivity index (χ0n) is 9.13. The lowest BCUT2D eigenvalue weighted by molar-refractivity contribution is -0.119. The van der Waals surface area contributed by atoms with Crippen LogP contribution >= 0.6 is 23.2 Å². The largest absolute Gasteiger partial charge is 0.309 e. The van der Waals surface area contributed by atoms with E-state index >= 15 is 0 Å². The first-order chi connectivity index (χ1) is 7.56. The number of halogens is 2. The number of anilines is 1. The molecule has 0 spiro atoms. The highest BCUT2D eigenvalue weighted by molar-refractivity contribution is 6.42. The molecule has 0 saturated heterocycles. The summed E-state index contributed by atoms with van der Waals surface area (Å²) >= 11 is 11.6. The van der Waals surface area contributed by atoms with Crippen molar-refractivity contribution in [1.82, 2.24) is 9.97 Å². The number of hydrogen-bond acceptors (Lipinski definition) is 3. The van der Waals surface area contributed by atoms with Gasteiger partial charge in [0.25, 0.3) is 0 Å². The Balaban J connectivity index is 2.73. The summed E-state index contributed by atoms with van der Waals surface area (Å²) in [4.78, 5) is 19.3. The lowest BCUT2D eigenvalue weighted by Gasteiger charge is -2.11. The van der Waals surface area contributed by atoms with Gasteiger partial charge >= 0.3 is 0 Å². The predicted molar refractivity (Wildman–Crippen MR) is 64.8 cm³/mol. The molecule has 1 unspecified atom stereocenters. The van der Waals surface area contributed by atoms with Crippen LogP contribution in [0.5, 0.6) is 0 Å². The van der Waals surface area contributed by atoms with E-state index in [1.165, 1.54) is 6.33 Å². The molecule has 1 heterocycles. The van der Waals surface area contributed by atoms with Crippen molar-refractivity contribution in [2.75, 3.05) is 5.32 Å². The summed E-state index contributed by atoms with van der Waals surface area (Å²) in [5.41, 5.74) is 0. The van der Waals surface area contributed by atoms with Crippen LogP contribution in [0.4, 0.5) is 5.82 Å². The van der Waals surface area contributed by atoms with Crippen molar-refractivity contribution in [2.24, 2.45) is 5.92 Å². The third-order valence-corrected chi connectivity index (χ3v) is 2.90. The second kappa shape index (κ2) is 6.01. The van der Waals surface area contributed by atoms with Crippen molar-refractivity contribution in [3.05, 3.63) is 16.5 Å². The van der Waals surface area contributed by atoms with E-state index in [2.05, 4.69) is 15.3 Å². The monoisotopic (exact) mass is 261 g/mol. The van der Waals surface area contributed by atoms with E-state index in [0.29, 0.717) is 0 Å². The van der Waals surface area contributed by atoms with Gasteiger partial charge in [-0.25, -0.2) is 9.97 Å². The molecule has 6 heteroatoms. The second-order valence-corrected chi connectivity index (χ2v) is 4.24. The Morgan fingerprint density at radius 1 is 1.50 bits per heavy atom. The fraction of sp³-hybridized carbons (Fsp3) is 0.500. The standard InChI is InChI=1S/C10H13Cl2N3O/c1-3-4-6(2)10(16)15-9-7(11)8(12)13-5-14-9/h5-6H,3-4H2,1-2H3,(H,13,14,15,16). The topological polar surface area (TPSA) is 54.9 Å². The van der Waals surface area contributed by atoms with E-state index in [1.807, 2.05) is 13.8 Å². The van der Waals surface area contributed by atoms with Crippen molar-refractivity contribution in [1.29, 1.82) is 0 Å². The minimum Gasteiger partial charge on any atom is -0.309 e. The highest BCUT2D eigenvalue weighted by Gasteiger charge is 2.15. The van der Waals surface area contributed by atoms with Crippen molar-refractivity contribution >= 4 is 34.9 Å². The maximum absolute atomic E-state index is 11.7. The van der Waals surface area contributed by atoms with Gasteiger partial charge in [0.1, 0.15) is 11.3 Å². The lowest BCUT2D eigenvalue weighted by atomic mass is 10.1. The highest BCUT2D eigenvalue weighted by Crippen LogP contribution is 2.25. The molecule has 0 aromatic carbocycles. The molecular weight excluding hydrogens is 249 g/mol. The van der Waals surface area contributed by atoms with Gasteiger partial charge in [-0.1, -0.05) is 43.5 Å². The fourth-order valence-electron chi connectivity index (χ4n) is 1.24. The minimum atomic E-state index is -0.112. The number of amides is 1. The van der Waals surface area contributed by atoms with Crippen LogP contribution in [0.15, 0.2) is 6.33 Å². The summed E-state index contributed by atoms with van der Waals surface area (Å²) in [6.45, 7) is 3.88. The van der Waals surface area contributed by atoms with Crippen LogP contribution in [0.1, 0.15) is 26.7 Å². The first-order valence-electron chi connectivity index (χ1n) is 5.03. The van der Waals surface area contributed by atoms with E-state index in [1.54, 1.807) is 0 Å². The fourth-order valence-corrected chi connectivity index (χ4v) is 1.52. The number of carbonyl (C=O) groups excluding carboxylic acids is 1. The summed E-state index contributed by atoms with van der Waals surface area (Å²) in [5.74, 6) is 0.0722. The summed E-state index contributed by atoms with van der Waals surface area (Å²) in [7, 11) is 0. The quantitative estimate of drug-likeness (QED) is 0.848. The van der Waals surface area contributed by atoms with Gasteiger partial charge in [-0.05, 0) is 6.42 Å². The second-order valence-electron chi connectivity index (χ2n) is 3.51. The first-order valence-corrected chi connectivity index (χ1v) is 5.78. The van der Waals surface area contributed by atoms with E-state index in [4.69, 9.17) is 23.2 Å². The first kappa shape index (κ1) is 13.2. The molecule has 1 atom stereocenters. The Morgan fingerprint density at radius 2 is 2.19 bits per heavy atom.